The number of ether oxygens (including phenoxy) is 1. The van der Waals surface area contributed by atoms with Crippen LogP contribution in [0.1, 0.15) is 14.7 Å². The van der Waals surface area contributed by atoms with E-state index in [1.807, 2.05) is 0 Å². The highest BCUT2D eigenvalue weighted by Crippen LogP contribution is 2.06. The molecule has 0 bridgehead atoms. The van der Waals surface area contributed by atoms with Gasteiger partial charge in [0, 0.05) is 7.26 Å². The van der Waals surface area contributed by atoms with Gasteiger partial charge in [-0.1, -0.05) is 6.92 Å². The summed E-state index contributed by atoms with van der Waals surface area (Å²) in [5, 5.41) is -0.858. The van der Waals surface area contributed by atoms with Gasteiger partial charge in [-0.2, -0.15) is 0 Å². The molecule has 0 aliphatic carbocycles. The van der Waals surface area contributed by atoms with E-state index in [2.05, 4.69) is 4.74 Å². The molecule has 0 saturated heterocycles. The first-order valence-corrected chi connectivity index (χ1v) is 3.04. The van der Waals surface area contributed by atoms with E-state index in [0.717, 1.165) is 0 Å². The highest BCUT2D eigenvalue weighted by atomic mass is 35.5. The molecule has 0 unspecified atom stereocenters. The normalized spacial score (nSPS) is 16.9. The van der Waals surface area contributed by atoms with Crippen molar-refractivity contribution in [2.24, 2.45) is 5.89 Å². The largest absolute Gasteiger partial charge is 0.469 e. The lowest BCUT2D eigenvalue weighted by Crippen LogP contribution is -2.11. The Morgan fingerprint density at radius 1 is 1.80 bits per heavy atom. The minimum Gasteiger partial charge on any atom is -0.469 e. The van der Waals surface area contributed by atoms with Gasteiger partial charge in [-0.3, -0.25) is 9.59 Å². The maximum absolute atomic E-state index is 10.6. The molecule has 10 heavy (non-hydrogen) atoms. The molecule has 4 heteroatoms. The molecule has 0 radical (unpaired) electrons. The third-order valence-corrected chi connectivity index (χ3v) is 1.30. The van der Waals surface area contributed by atoms with E-state index >= 15 is 0 Å². The van der Waals surface area contributed by atoms with Crippen molar-refractivity contribution in [2.75, 3.05) is 7.11 Å². The van der Waals surface area contributed by atoms with E-state index in [4.69, 9.17) is 13.0 Å². The fraction of sp³-hybridized carbons (Fsp3) is 0.667. The van der Waals surface area contributed by atoms with Crippen LogP contribution in [0.3, 0.4) is 0 Å². The van der Waals surface area contributed by atoms with Gasteiger partial charge in [-0.25, -0.2) is 0 Å². The van der Waals surface area contributed by atoms with Crippen LogP contribution in [0.15, 0.2) is 0 Å². The molecule has 58 valence electrons. The van der Waals surface area contributed by atoms with Crippen LogP contribution in [0.5, 0.6) is 0 Å². The van der Waals surface area contributed by atoms with Crippen molar-refractivity contribution in [3.63, 3.8) is 0 Å². The number of carbonyl (C=O) groups is 2. The summed E-state index contributed by atoms with van der Waals surface area (Å²) in [6, 6.07) is 0. The Labute approximate surface area is 65.7 Å². The Bertz CT molecular complexity index is 179. The summed E-state index contributed by atoms with van der Waals surface area (Å²) < 4.78 is 11.5. The molecule has 1 atom stereocenters. The van der Waals surface area contributed by atoms with Crippen LogP contribution in [-0.4, -0.2) is 18.3 Å². The number of esters is 1. The summed E-state index contributed by atoms with van der Waals surface area (Å²) >= 11 is 5.04. The molecule has 3 nitrogen and oxygen atoms in total. The minimum atomic E-state index is -1.57. The van der Waals surface area contributed by atoms with Crippen molar-refractivity contribution in [3.8, 4) is 0 Å². The molecule has 0 saturated carbocycles. The first-order chi connectivity index (χ1) is 4.90. The Balaban J connectivity index is 4.12. The molecule has 0 aliphatic heterocycles. The predicted octanol–water partition coefficient (Wildman–Crippen LogP) is 0.951. The second kappa shape index (κ2) is 4.28. The molecule has 0 aromatic carbocycles. The second-order valence-electron chi connectivity index (χ2n) is 1.81. The molecule has 0 rings (SSSR count). The number of hydrogen-bond acceptors (Lipinski definition) is 3. The quantitative estimate of drug-likeness (QED) is 0.462. The van der Waals surface area contributed by atoms with E-state index < -0.39 is 17.1 Å². The average molecular weight is 166 g/mol. The number of carbonyl (C=O) groups excluding carboxylic acids is 2. The van der Waals surface area contributed by atoms with Gasteiger partial charge in [0.05, 0.1) is 13.5 Å². The summed E-state index contributed by atoms with van der Waals surface area (Å²) in [5.41, 5.74) is 0. The van der Waals surface area contributed by atoms with Crippen molar-refractivity contribution >= 4 is 22.8 Å². The third kappa shape index (κ3) is 3.45. The molecular formula is C6H9ClO3. The van der Waals surface area contributed by atoms with Gasteiger partial charge in [-0.05, 0) is 11.6 Å². The van der Waals surface area contributed by atoms with E-state index in [0.29, 0.717) is 0 Å². The second-order valence-corrected chi connectivity index (χ2v) is 2.15. The molecule has 0 spiro atoms. The summed E-state index contributed by atoms with van der Waals surface area (Å²) in [6.07, 6.45) is -0.314. The minimum absolute atomic E-state index is 0.314. The fourth-order valence-corrected chi connectivity index (χ4v) is 0.425. The predicted molar refractivity (Wildman–Crippen MR) is 36.7 cm³/mol. The van der Waals surface area contributed by atoms with Crippen molar-refractivity contribution in [1.29, 1.82) is 0 Å². The Morgan fingerprint density at radius 2 is 2.30 bits per heavy atom. The summed E-state index contributed by atoms with van der Waals surface area (Å²) in [4.78, 5) is 21.1. The van der Waals surface area contributed by atoms with E-state index in [1.54, 1.807) is 0 Å². The monoisotopic (exact) mass is 165 g/mol. The van der Waals surface area contributed by atoms with Crippen molar-refractivity contribution < 1.29 is 15.7 Å². The lowest BCUT2D eigenvalue weighted by Gasteiger charge is -2.02. The van der Waals surface area contributed by atoms with Gasteiger partial charge < -0.3 is 4.74 Å². The van der Waals surface area contributed by atoms with E-state index in [9.17, 15) is 9.59 Å². The highest BCUT2D eigenvalue weighted by Gasteiger charge is 2.14. The highest BCUT2D eigenvalue weighted by molar-refractivity contribution is 6.64. The van der Waals surface area contributed by atoms with Crippen LogP contribution in [-0.2, 0) is 14.3 Å². The number of halogens is 1. The van der Waals surface area contributed by atoms with Crippen LogP contribution in [0.4, 0.5) is 0 Å². The zero-order valence-electron chi connectivity index (χ0n) is 6.81. The molecule has 0 amide bonds. The van der Waals surface area contributed by atoms with Gasteiger partial charge in [0.15, 0.2) is 0 Å². The standard InChI is InChI=1S/C6H9ClO3/c1-4(6(7)9)3-5(8)10-2/h4H,3H2,1-2H3/t4-/m0/s1/i4D. The molecule has 0 aliphatic rings. The van der Waals surface area contributed by atoms with Gasteiger partial charge in [0.2, 0.25) is 5.24 Å². The van der Waals surface area contributed by atoms with Gasteiger partial charge in [0.1, 0.15) is 0 Å². The van der Waals surface area contributed by atoms with Crippen LogP contribution in [0.25, 0.3) is 0 Å². The topological polar surface area (TPSA) is 43.4 Å². The smallest absolute Gasteiger partial charge is 0.306 e. The number of methoxy groups -OCH3 is 1. The van der Waals surface area contributed by atoms with Crippen LogP contribution < -0.4 is 0 Å². The van der Waals surface area contributed by atoms with E-state index in [1.165, 1.54) is 14.0 Å². The van der Waals surface area contributed by atoms with Gasteiger partial charge >= 0.3 is 5.97 Å². The first-order valence-electron chi connectivity index (χ1n) is 3.17. The van der Waals surface area contributed by atoms with Gasteiger partial charge in [0.25, 0.3) is 0 Å². The van der Waals surface area contributed by atoms with Crippen molar-refractivity contribution in [1.82, 2.24) is 0 Å². The van der Waals surface area contributed by atoms with Gasteiger partial charge in [-0.15, -0.1) is 0 Å². The van der Waals surface area contributed by atoms with Crippen molar-refractivity contribution in [2.45, 2.75) is 13.3 Å². The molecule has 0 aromatic rings. The zero-order valence-corrected chi connectivity index (χ0v) is 6.57. The summed E-state index contributed by atoms with van der Waals surface area (Å²) in [7, 11) is 1.19. The lowest BCUT2D eigenvalue weighted by atomic mass is 10.1. The Morgan fingerprint density at radius 3 is 2.60 bits per heavy atom. The average Bonchev–Trinajstić information content (AvgIpc) is 1.86. The molecule has 0 heterocycles. The third-order valence-electron chi connectivity index (χ3n) is 0.973. The van der Waals surface area contributed by atoms with Crippen LogP contribution in [0, 0.1) is 5.89 Å². The Hall–Kier alpha value is -0.570. The molecule has 0 fully saturated rings. The van der Waals surface area contributed by atoms with E-state index in [-0.39, 0.29) is 6.42 Å². The number of hydrogen-bond donors (Lipinski definition) is 0. The Kier molecular flexibility index (Phi) is 3.22. The van der Waals surface area contributed by atoms with Crippen LogP contribution in [0.2, 0.25) is 0 Å². The molecular weight excluding hydrogens is 156 g/mol. The number of rotatable bonds is 3. The zero-order chi connectivity index (χ0) is 9.07. The van der Waals surface area contributed by atoms with Crippen LogP contribution >= 0.6 is 11.6 Å². The SMILES string of the molecule is [2H][C@](C)(CC(=O)OC)C(=O)Cl. The first kappa shape index (κ1) is 7.54. The molecule has 0 aromatic heterocycles. The molecule has 0 N–H and O–H groups in total. The maximum Gasteiger partial charge on any atom is 0.306 e. The lowest BCUT2D eigenvalue weighted by molar-refractivity contribution is -0.142. The summed E-state index contributed by atoms with van der Waals surface area (Å²) in [5.74, 6) is -2.19. The maximum atomic E-state index is 10.6. The summed E-state index contributed by atoms with van der Waals surface area (Å²) in [6.45, 7) is 1.26. The fourth-order valence-electron chi connectivity index (χ4n) is 0.358. The van der Waals surface area contributed by atoms with Crippen molar-refractivity contribution in [3.05, 3.63) is 0 Å².